The zero-order chi connectivity index (χ0) is 11.8. The van der Waals surface area contributed by atoms with Crippen LogP contribution in [0.15, 0.2) is 42.6 Å². The number of benzene rings is 1. The van der Waals surface area contributed by atoms with Crippen molar-refractivity contribution in [2.75, 3.05) is 5.73 Å². The summed E-state index contributed by atoms with van der Waals surface area (Å²) in [6, 6.07) is 11.1. The fraction of sp³-hybridized carbons (Fsp3) is 0. The Morgan fingerprint density at radius 2 is 2.00 bits per heavy atom. The fourth-order valence-corrected chi connectivity index (χ4v) is 1.94. The van der Waals surface area contributed by atoms with Crippen LogP contribution in [0.2, 0.25) is 5.02 Å². The summed E-state index contributed by atoms with van der Waals surface area (Å²) in [7, 11) is 0. The standard InChI is InChI=1S/C12H9ClN4/c13-8-4-5-9(10(14)7-8)12-16-15-11-3-1-2-6-17(11)12/h1-7H,14H2. The topological polar surface area (TPSA) is 56.2 Å². The van der Waals surface area contributed by atoms with Gasteiger partial charge in [-0.3, -0.25) is 4.40 Å². The second kappa shape index (κ2) is 3.75. The fourth-order valence-electron chi connectivity index (χ4n) is 1.76. The first kappa shape index (κ1) is 10.1. The largest absolute Gasteiger partial charge is 0.398 e. The summed E-state index contributed by atoms with van der Waals surface area (Å²) in [6.45, 7) is 0. The van der Waals surface area contributed by atoms with Crippen LogP contribution in [0.25, 0.3) is 17.0 Å². The number of fused-ring (bicyclic) bond motifs is 1. The van der Waals surface area contributed by atoms with Crippen molar-refractivity contribution < 1.29 is 0 Å². The highest BCUT2D eigenvalue weighted by Crippen LogP contribution is 2.27. The molecule has 17 heavy (non-hydrogen) atoms. The van der Waals surface area contributed by atoms with Gasteiger partial charge in [0.05, 0.1) is 0 Å². The van der Waals surface area contributed by atoms with Crippen molar-refractivity contribution in [1.82, 2.24) is 14.6 Å². The molecule has 2 N–H and O–H groups in total. The molecule has 0 aliphatic rings. The Morgan fingerprint density at radius 3 is 2.82 bits per heavy atom. The number of halogens is 1. The minimum absolute atomic E-state index is 0.593. The number of nitrogens with two attached hydrogens (primary N) is 1. The van der Waals surface area contributed by atoms with Crippen molar-refractivity contribution in [2.45, 2.75) is 0 Å². The van der Waals surface area contributed by atoms with Gasteiger partial charge in [0.1, 0.15) is 0 Å². The van der Waals surface area contributed by atoms with E-state index in [0.717, 1.165) is 17.0 Å². The third-order valence-electron chi connectivity index (χ3n) is 2.57. The van der Waals surface area contributed by atoms with E-state index in [9.17, 15) is 0 Å². The van der Waals surface area contributed by atoms with Crippen LogP contribution < -0.4 is 5.73 Å². The van der Waals surface area contributed by atoms with Crippen LogP contribution in [-0.4, -0.2) is 14.6 Å². The molecule has 0 spiro atoms. The molecule has 3 rings (SSSR count). The first-order valence-corrected chi connectivity index (χ1v) is 5.48. The Labute approximate surface area is 103 Å². The van der Waals surface area contributed by atoms with Gasteiger partial charge in [-0.1, -0.05) is 17.7 Å². The van der Waals surface area contributed by atoms with E-state index in [1.165, 1.54) is 0 Å². The molecular formula is C12H9ClN4. The van der Waals surface area contributed by atoms with Crippen LogP contribution in [-0.2, 0) is 0 Å². The molecule has 4 nitrogen and oxygen atoms in total. The summed E-state index contributed by atoms with van der Waals surface area (Å²) < 4.78 is 1.89. The maximum absolute atomic E-state index is 5.94. The zero-order valence-electron chi connectivity index (χ0n) is 8.84. The van der Waals surface area contributed by atoms with E-state index in [-0.39, 0.29) is 0 Å². The lowest BCUT2D eigenvalue weighted by atomic mass is 10.1. The Bertz CT molecular complexity index is 690. The van der Waals surface area contributed by atoms with Gasteiger partial charge in [-0.15, -0.1) is 10.2 Å². The van der Waals surface area contributed by atoms with Crippen molar-refractivity contribution in [3.05, 3.63) is 47.6 Å². The lowest BCUT2D eigenvalue weighted by Crippen LogP contribution is -1.94. The lowest BCUT2D eigenvalue weighted by molar-refractivity contribution is 1.11. The highest BCUT2D eigenvalue weighted by molar-refractivity contribution is 6.31. The van der Waals surface area contributed by atoms with Crippen molar-refractivity contribution in [3.8, 4) is 11.4 Å². The van der Waals surface area contributed by atoms with Gasteiger partial charge in [-0.25, -0.2) is 0 Å². The normalized spacial score (nSPS) is 10.9. The zero-order valence-corrected chi connectivity index (χ0v) is 9.59. The summed E-state index contributed by atoms with van der Waals surface area (Å²) in [6.07, 6.45) is 1.90. The maximum atomic E-state index is 5.94. The van der Waals surface area contributed by atoms with Crippen LogP contribution in [0.4, 0.5) is 5.69 Å². The molecule has 0 unspecified atom stereocenters. The van der Waals surface area contributed by atoms with Gasteiger partial charge in [-0.2, -0.15) is 0 Å². The predicted octanol–water partition coefficient (Wildman–Crippen LogP) is 2.63. The second-order valence-corrected chi connectivity index (χ2v) is 4.12. The van der Waals surface area contributed by atoms with Crippen LogP contribution in [0.3, 0.4) is 0 Å². The van der Waals surface area contributed by atoms with Gasteiger partial charge in [-0.05, 0) is 30.3 Å². The molecule has 2 aromatic heterocycles. The average Bonchev–Trinajstić information content (AvgIpc) is 2.73. The van der Waals surface area contributed by atoms with Crippen LogP contribution in [0, 0.1) is 0 Å². The number of aromatic nitrogens is 3. The van der Waals surface area contributed by atoms with Crippen molar-refractivity contribution in [1.29, 1.82) is 0 Å². The molecule has 0 saturated carbocycles. The van der Waals surface area contributed by atoms with Crippen molar-refractivity contribution >= 4 is 22.9 Å². The number of nitrogens with zero attached hydrogens (tertiary/aromatic N) is 3. The van der Waals surface area contributed by atoms with E-state index in [1.54, 1.807) is 12.1 Å². The van der Waals surface area contributed by atoms with Crippen molar-refractivity contribution in [3.63, 3.8) is 0 Å². The molecule has 2 heterocycles. The second-order valence-electron chi connectivity index (χ2n) is 3.68. The summed E-state index contributed by atoms with van der Waals surface area (Å²) in [5.41, 5.74) is 8.15. The van der Waals surface area contributed by atoms with Gasteiger partial charge >= 0.3 is 0 Å². The number of rotatable bonds is 1. The molecule has 0 amide bonds. The Morgan fingerprint density at radius 1 is 1.12 bits per heavy atom. The van der Waals surface area contributed by atoms with E-state index in [4.69, 9.17) is 17.3 Å². The van der Waals surface area contributed by atoms with Gasteiger partial charge in [0.25, 0.3) is 0 Å². The first-order chi connectivity index (χ1) is 8.25. The molecule has 0 bridgehead atoms. The van der Waals surface area contributed by atoms with Gasteiger partial charge in [0, 0.05) is 22.5 Å². The smallest absolute Gasteiger partial charge is 0.170 e. The Kier molecular flexibility index (Phi) is 2.23. The number of hydrogen-bond donors (Lipinski definition) is 1. The van der Waals surface area contributed by atoms with Crippen molar-refractivity contribution in [2.24, 2.45) is 0 Å². The molecule has 1 aromatic carbocycles. The average molecular weight is 245 g/mol. The summed E-state index contributed by atoms with van der Waals surface area (Å²) in [5, 5.41) is 8.84. The highest BCUT2D eigenvalue weighted by atomic mass is 35.5. The van der Waals surface area contributed by atoms with Gasteiger partial charge < -0.3 is 5.73 Å². The van der Waals surface area contributed by atoms with Crippen LogP contribution in [0.1, 0.15) is 0 Å². The number of hydrogen-bond acceptors (Lipinski definition) is 3. The summed E-state index contributed by atoms with van der Waals surface area (Å²) in [5.74, 6) is 0.717. The SMILES string of the molecule is Nc1cc(Cl)ccc1-c1nnc2ccccn12. The number of pyridine rings is 1. The van der Waals surface area contributed by atoms with E-state index < -0.39 is 0 Å². The molecule has 0 radical (unpaired) electrons. The van der Waals surface area contributed by atoms with E-state index in [2.05, 4.69) is 10.2 Å². The summed E-state index contributed by atoms with van der Waals surface area (Å²) >= 11 is 5.87. The minimum Gasteiger partial charge on any atom is -0.398 e. The molecule has 3 aromatic rings. The lowest BCUT2D eigenvalue weighted by Gasteiger charge is -2.04. The van der Waals surface area contributed by atoms with E-state index in [1.807, 2.05) is 34.9 Å². The van der Waals surface area contributed by atoms with Crippen LogP contribution in [0.5, 0.6) is 0 Å². The molecule has 0 fully saturated rings. The molecule has 5 heteroatoms. The molecule has 0 aliphatic heterocycles. The third kappa shape index (κ3) is 1.62. The number of nitrogen functional groups attached to an aromatic ring is 1. The first-order valence-electron chi connectivity index (χ1n) is 5.11. The van der Waals surface area contributed by atoms with E-state index in [0.29, 0.717) is 10.7 Å². The summed E-state index contributed by atoms with van der Waals surface area (Å²) in [4.78, 5) is 0. The Balaban J connectivity index is 2.27. The minimum atomic E-state index is 0.593. The predicted molar refractivity (Wildman–Crippen MR) is 67.8 cm³/mol. The van der Waals surface area contributed by atoms with Gasteiger partial charge in [0.2, 0.25) is 0 Å². The van der Waals surface area contributed by atoms with E-state index >= 15 is 0 Å². The molecule has 0 saturated heterocycles. The monoisotopic (exact) mass is 244 g/mol. The molecule has 84 valence electrons. The molecule has 0 atom stereocenters. The Hall–Kier alpha value is -2.07. The molecular weight excluding hydrogens is 236 g/mol. The number of anilines is 1. The molecule has 0 aliphatic carbocycles. The van der Waals surface area contributed by atoms with Gasteiger partial charge in [0.15, 0.2) is 11.5 Å². The highest BCUT2D eigenvalue weighted by Gasteiger charge is 2.10. The maximum Gasteiger partial charge on any atom is 0.170 e. The quantitative estimate of drug-likeness (QED) is 0.670. The third-order valence-corrected chi connectivity index (χ3v) is 2.80. The van der Waals surface area contributed by atoms with Crippen LogP contribution >= 0.6 is 11.6 Å².